The van der Waals surface area contributed by atoms with Crippen LogP contribution in [0.2, 0.25) is 0 Å². The molecule has 0 spiro atoms. The predicted octanol–water partition coefficient (Wildman–Crippen LogP) is 0.651. The number of aliphatic carboxylic acids is 1. The first-order valence-electron chi connectivity index (χ1n) is 5.25. The van der Waals surface area contributed by atoms with E-state index in [9.17, 15) is 19.7 Å². The van der Waals surface area contributed by atoms with Crippen LogP contribution >= 0.6 is 0 Å². The van der Waals surface area contributed by atoms with Crippen molar-refractivity contribution in [2.24, 2.45) is 0 Å². The van der Waals surface area contributed by atoms with E-state index in [1.54, 1.807) is 6.07 Å². The Hall–Kier alpha value is -2.44. The summed E-state index contributed by atoms with van der Waals surface area (Å²) in [5.41, 5.74) is 0.367. The molecule has 1 aromatic rings. The lowest BCUT2D eigenvalue weighted by molar-refractivity contribution is -0.384. The van der Waals surface area contributed by atoms with Crippen LogP contribution in [0.5, 0.6) is 0 Å². The van der Waals surface area contributed by atoms with Gasteiger partial charge >= 0.3 is 5.97 Å². The third-order valence-electron chi connectivity index (χ3n) is 2.90. The first kappa shape index (κ1) is 12.0. The van der Waals surface area contributed by atoms with Crippen molar-refractivity contribution in [3.63, 3.8) is 0 Å². The van der Waals surface area contributed by atoms with Gasteiger partial charge in [0.2, 0.25) is 5.91 Å². The molecule has 94 valence electrons. The van der Waals surface area contributed by atoms with Gasteiger partial charge in [0.1, 0.15) is 6.04 Å². The number of non-ortho nitro benzene ring substituents is 1. The summed E-state index contributed by atoms with van der Waals surface area (Å²) < 4.78 is 0. The van der Waals surface area contributed by atoms with Crippen molar-refractivity contribution in [2.45, 2.75) is 18.4 Å². The van der Waals surface area contributed by atoms with E-state index in [-0.39, 0.29) is 18.0 Å². The standard InChI is InChI=1S/C11H10N2O5/c14-9-5-8(10(12-9)11(15)16)6-2-1-3-7(4-6)13(17)18/h1-4,8,10H,5H2,(H,12,14)(H,15,16). The molecule has 0 radical (unpaired) electrons. The number of hydrogen-bond donors (Lipinski definition) is 2. The van der Waals surface area contributed by atoms with Gasteiger partial charge in [-0.1, -0.05) is 12.1 Å². The molecular weight excluding hydrogens is 240 g/mol. The second-order valence-corrected chi connectivity index (χ2v) is 4.05. The highest BCUT2D eigenvalue weighted by atomic mass is 16.6. The number of nitrogens with zero attached hydrogens (tertiary/aromatic N) is 1. The number of amides is 1. The molecule has 1 aromatic carbocycles. The molecule has 0 saturated carbocycles. The zero-order valence-corrected chi connectivity index (χ0v) is 9.20. The van der Waals surface area contributed by atoms with E-state index in [4.69, 9.17) is 5.11 Å². The first-order chi connectivity index (χ1) is 8.49. The van der Waals surface area contributed by atoms with Crippen LogP contribution in [0.1, 0.15) is 17.9 Å². The van der Waals surface area contributed by atoms with E-state index in [1.807, 2.05) is 0 Å². The fourth-order valence-electron chi connectivity index (χ4n) is 2.06. The monoisotopic (exact) mass is 250 g/mol. The molecule has 1 amide bonds. The summed E-state index contributed by atoms with van der Waals surface area (Å²) >= 11 is 0. The van der Waals surface area contributed by atoms with E-state index < -0.39 is 22.9 Å². The Morgan fingerprint density at radius 3 is 2.83 bits per heavy atom. The average molecular weight is 250 g/mol. The van der Waals surface area contributed by atoms with E-state index in [2.05, 4.69) is 5.32 Å². The molecule has 1 saturated heterocycles. The lowest BCUT2D eigenvalue weighted by Crippen LogP contribution is -2.36. The van der Waals surface area contributed by atoms with Gasteiger partial charge in [-0.05, 0) is 5.56 Å². The van der Waals surface area contributed by atoms with Gasteiger partial charge in [-0.3, -0.25) is 14.9 Å². The number of hydrogen-bond acceptors (Lipinski definition) is 4. The second kappa shape index (κ2) is 4.44. The molecule has 7 nitrogen and oxygen atoms in total. The third kappa shape index (κ3) is 2.15. The summed E-state index contributed by atoms with van der Waals surface area (Å²) in [6.45, 7) is 0. The number of carbonyl (C=O) groups is 2. The Kier molecular flexibility index (Phi) is 2.97. The number of carboxylic acid groups (broad SMARTS) is 1. The topological polar surface area (TPSA) is 110 Å². The molecule has 0 aromatic heterocycles. The molecular formula is C11H10N2O5. The lowest BCUT2D eigenvalue weighted by Gasteiger charge is -2.14. The fraction of sp³-hybridized carbons (Fsp3) is 0.273. The molecule has 1 heterocycles. The number of nitro groups is 1. The molecule has 2 unspecified atom stereocenters. The van der Waals surface area contributed by atoms with Crippen molar-refractivity contribution in [3.05, 3.63) is 39.9 Å². The minimum Gasteiger partial charge on any atom is -0.480 e. The van der Waals surface area contributed by atoms with Gasteiger partial charge in [0.25, 0.3) is 5.69 Å². The normalized spacial score (nSPS) is 22.6. The SMILES string of the molecule is O=C1CC(c2cccc([N+](=O)[O-])c2)C(C(=O)O)N1. The zero-order chi connectivity index (χ0) is 13.3. The van der Waals surface area contributed by atoms with Crippen LogP contribution in [0.4, 0.5) is 5.69 Å². The van der Waals surface area contributed by atoms with E-state index in [0.717, 1.165) is 0 Å². The fourth-order valence-corrected chi connectivity index (χ4v) is 2.06. The molecule has 0 bridgehead atoms. The molecule has 2 atom stereocenters. The Morgan fingerprint density at radius 1 is 1.50 bits per heavy atom. The number of nitro benzene ring substituents is 1. The van der Waals surface area contributed by atoms with Gasteiger partial charge in [0.15, 0.2) is 0 Å². The van der Waals surface area contributed by atoms with Crippen LogP contribution in [0.25, 0.3) is 0 Å². The van der Waals surface area contributed by atoms with Gasteiger partial charge in [0.05, 0.1) is 4.92 Å². The summed E-state index contributed by atoms with van der Waals surface area (Å²) in [6, 6.07) is 4.67. The Morgan fingerprint density at radius 2 is 2.22 bits per heavy atom. The Labute approximate surface area is 102 Å². The molecule has 2 rings (SSSR count). The molecule has 18 heavy (non-hydrogen) atoms. The molecule has 1 aliphatic heterocycles. The molecule has 2 N–H and O–H groups in total. The molecule has 1 aliphatic rings. The number of benzene rings is 1. The van der Waals surface area contributed by atoms with Gasteiger partial charge in [-0.25, -0.2) is 4.79 Å². The minimum absolute atomic E-state index is 0.0259. The summed E-state index contributed by atoms with van der Waals surface area (Å²) in [5.74, 6) is -2.08. The summed E-state index contributed by atoms with van der Waals surface area (Å²) in [6.07, 6.45) is 0.0259. The van der Waals surface area contributed by atoms with Gasteiger partial charge in [-0.15, -0.1) is 0 Å². The summed E-state index contributed by atoms with van der Waals surface area (Å²) in [7, 11) is 0. The number of rotatable bonds is 3. The van der Waals surface area contributed by atoms with Crippen LogP contribution in [0, 0.1) is 10.1 Å². The quantitative estimate of drug-likeness (QED) is 0.604. The maximum absolute atomic E-state index is 11.3. The van der Waals surface area contributed by atoms with Crippen molar-refractivity contribution in [2.75, 3.05) is 0 Å². The van der Waals surface area contributed by atoms with Crippen molar-refractivity contribution in [1.29, 1.82) is 0 Å². The van der Waals surface area contributed by atoms with Gasteiger partial charge in [-0.2, -0.15) is 0 Å². The van der Waals surface area contributed by atoms with Crippen molar-refractivity contribution < 1.29 is 19.6 Å². The molecule has 7 heteroatoms. The average Bonchev–Trinajstić information content (AvgIpc) is 2.72. The zero-order valence-electron chi connectivity index (χ0n) is 9.20. The highest BCUT2D eigenvalue weighted by Crippen LogP contribution is 2.30. The first-order valence-corrected chi connectivity index (χ1v) is 5.25. The van der Waals surface area contributed by atoms with Gasteiger partial charge < -0.3 is 10.4 Å². The summed E-state index contributed by atoms with van der Waals surface area (Å²) in [4.78, 5) is 32.4. The van der Waals surface area contributed by atoms with Crippen LogP contribution in [0.15, 0.2) is 24.3 Å². The highest BCUT2D eigenvalue weighted by molar-refractivity contribution is 5.89. The number of carboxylic acids is 1. The van der Waals surface area contributed by atoms with Crippen LogP contribution in [-0.2, 0) is 9.59 Å². The van der Waals surface area contributed by atoms with Crippen molar-refractivity contribution in [1.82, 2.24) is 5.32 Å². The molecule has 0 aliphatic carbocycles. The van der Waals surface area contributed by atoms with Crippen LogP contribution in [0.3, 0.4) is 0 Å². The Balaban J connectivity index is 2.35. The Bertz CT molecular complexity index is 528. The van der Waals surface area contributed by atoms with E-state index in [0.29, 0.717) is 5.56 Å². The summed E-state index contributed by atoms with van der Waals surface area (Å²) in [5, 5.41) is 22.0. The van der Waals surface area contributed by atoms with Crippen molar-refractivity contribution >= 4 is 17.6 Å². The second-order valence-electron chi connectivity index (χ2n) is 4.05. The van der Waals surface area contributed by atoms with Crippen LogP contribution in [-0.4, -0.2) is 27.9 Å². The number of carbonyl (C=O) groups excluding carboxylic acids is 1. The molecule has 1 fully saturated rings. The predicted molar refractivity (Wildman–Crippen MR) is 60.0 cm³/mol. The van der Waals surface area contributed by atoms with Crippen LogP contribution < -0.4 is 5.32 Å². The largest absolute Gasteiger partial charge is 0.480 e. The van der Waals surface area contributed by atoms with E-state index >= 15 is 0 Å². The maximum atomic E-state index is 11.3. The third-order valence-corrected chi connectivity index (χ3v) is 2.90. The highest BCUT2D eigenvalue weighted by Gasteiger charge is 2.38. The van der Waals surface area contributed by atoms with Crippen molar-refractivity contribution in [3.8, 4) is 0 Å². The maximum Gasteiger partial charge on any atom is 0.326 e. The van der Waals surface area contributed by atoms with E-state index in [1.165, 1.54) is 18.2 Å². The minimum atomic E-state index is -1.14. The number of nitrogens with one attached hydrogen (secondary N) is 1. The van der Waals surface area contributed by atoms with Gasteiger partial charge in [0, 0.05) is 24.5 Å². The lowest BCUT2D eigenvalue weighted by atomic mass is 9.91. The smallest absolute Gasteiger partial charge is 0.326 e.